The average molecular weight is 453 g/mol. The maximum absolute atomic E-state index is 5.66. The number of rotatable bonds is 8. The molecule has 0 saturated heterocycles. The molecule has 136 valence electrons. The molecule has 0 aliphatic heterocycles. The van der Waals surface area contributed by atoms with Gasteiger partial charge >= 0.3 is 0 Å². The van der Waals surface area contributed by atoms with Gasteiger partial charge in [0.05, 0.1) is 13.2 Å². The highest BCUT2D eigenvalue weighted by molar-refractivity contribution is 14.0. The second-order valence-corrected chi connectivity index (χ2v) is 5.73. The van der Waals surface area contributed by atoms with E-state index >= 15 is 0 Å². The Hall–Kier alpha value is -1.60. The summed E-state index contributed by atoms with van der Waals surface area (Å²) in [6.07, 6.45) is 0. The smallest absolute Gasteiger partial charge is 0.191 e. The normalized spacial score (nSPS) is 12.2. The highest BCUT2D eigenvalue weighted by Crippen LogP contribution is 2.12. The summed E-state index contributed by atoms with van der Waals surface area (Å²) in [4.78, 5) is 4.25. The SMILES string of the molecule is CN=C(NCCOCc1ccccc1)NCC(C)c1ccccc1.I. The lowest BCUT2D eigenvalue weighted by atomic mass is 10.0. The zero-order valence-electron chi connectivity index (χ0n) is 14.9. The van der Waals surface area contributed by atoms with Crippen LogP contribution >= 0.6 is 24.0 Å². The molecule has 2 N–H and O–H groups in total. The first-order chi connectivity index (χ1) is 11.8. The van der Waals surface area contributed by atoms with Gasteiger partial charge in [0.25, 0.3) is 0 Å². The molecule has 2 aromatic carbocycles. The lowest BCUT2D eigenvalue weighted by Crippen LogP contribution is -2.40. The standard InChI is InChI=1S/C20H27N3O.HI/c1-17(19-11-7-4-8-12-19)15-23-20(21-2)22-13-14-24-16-18-9-5-3-6-10-18;/h3-12,17H,13-16H2,1-2H3,(H2,21,22,23);1H. The van der Waals surface area contributed by atoms with Crippen molar-refractivity contribution in [1.82, 2.24) is 10.6 Å². The largest absolute Gasteiger partial charge is 0.375 e. The van der Waals surface area contributed by atoms with Crippen molar-refractivity contribution in [2.45, 2.75) is 19.4 Å². The van der Waals surface area contributed by atoms with Gasteiger partial charge in [0.2, 0.25) is 0 Å². The van der Waals surface area contributed by atoms with Gasteiger partial charge in [0.1, 0.15) is 0 Å². The van der Waals surface area contributed by atoms with Gasteiger partial charge in [0.15, 0.2) is 5.96 Å². The Labute approximate surface area is 168 Å². The Bertz CT molecular complexity index is 605. The fourth-order valence-corrected chi connectivity index (χ4v) is 2.38. The molecule has 4 nitrogen and oxygen atoms in total. The average Bonchev–Trinajstić information content (AvgIpc) is 2.65. The van der Waals surface area contributed by atoms with E-state index in [1.165, 1.54) is 11.1 Å². The second kappa shape index (κ2) is 12.7. The zero-order chi connectivity index (χ0) is 17.0. The maximum Gasteiger partial charge on any atom is 0.191 e. The highest BCUT2D eigenvalue weighted by atomic mass is 127. The molecule has 2 aromatic rings. The molecule has 0 aliphatic rings. The van der Waals surface area contributed by atoms with Crippen molar-refractivity contribution in [2.24, 2.45) is 4.99 Å². The molecule has 25 heavy (non-hydrogen) atoms. The summed E-state index contributed by atoms with van der Waals surface area (Å²) in [5.74, 6) is 1.24. The Morgan fingerprint density at radius 3 is 2.28 bits per heavy atom. The summed E-state index contributed by atoms with van der Waals surface area (Å²) in [6, 6.07) is 20.7. The second-order valence-electron chi connectivity index (χ2n) is 5.73. The van der Waals surface area contributed by atoms with Crippen LogP contribution in [-0.4, -0.2) is 32.7 Å². The summed E-state index contributed by atoms with van der Waals surface area (Å²) in [6.45, 7) is 5.06. The van der Waals surface area contributed by atoms with Crippen molar-refractivity contribution < 1.29 is 4.74 Å². The molecule has 2 rings (SSSR count). The molecule has 5 heteroatoms. The monoisotopic (exact) mass is 453 g/mol. The Balaban J connectivity index is 0.00000312. The first kappa shape index (κ1) is 21.4. The lowest BCUT2D eigenvalue weighted by Gasteiger charge is -2.16. The summed E-state index contributed by atoms with van der Waals surface area (Å²) >= 11 is 0. The van der Waals surface area contributed by atoms with E-state index in [2.05, 4.69) is 58.9 Å². The van der Waals surface area contributed by atoms with Gasteiger partial charge in [-0.3, -0.25) is 4.99 Å². The summed E-state index contributed by atoms with van der Waals surface area (Å²) in [5, 5.41) is 6.64. The van der Waals surface area contributed by atoms with Crippen LogP contribution in [0, 0.1) is 0 Å². The summed E-state index contributed by atoms with van der Waals surface area (Å²) < 4.78 is 5.66. The first-order valence-corrected chi connectivity index (χ1v) is 8.40. The predicted molar refractivity (Wildman–Crippen MR) is 116 cm³/mol. The highest BCUT2D eigenvalue weighted by Gasteiger charge is 2.05. The quantitative estimate of drug-likeness (QED) is 0.277. The molecule has 0 spiro atoms. The molecule has 1 unspecified atom stereocenters. The van der Waals surface area contributed by atoms with Crippen LogP contribution in [0.5, 0.6) is 0 Å². The van der Waals surface area contributed by atoms with Crippen LogP contribution in [0.4, 0.5) is 0 Å². The molecule has 0 fully saturated rings. The van der Waals surface area contributed by atoms with Crippen molar-refractivity contribution in [3.8, 4) is 0 Å². The molecule has 0 bridgehead atoms. The minimum atomic E-state index is 0. The number of aliphatic imine (C=N–C) groups is 1. The van der Waals surface area contributed by atoms with E-state index in [4.69, 9.17) is 4.74 Å². The van der Waals surface area contributed by atoms with Crippen LogP contribution in [-0.2, 0) is 11.3 Å². The van der Waals surface area contributed by atoms with Crippen molar-refractivity contribution in [2.75, 3.05) is 26.7 Å². The third-order valence-electron chi connectivity index (χ3n) is 3.82. The van der Waals surface area contributed by atoms with Crippen molar-refractivity contribution in [3.63, 3.8) is 0 Å². The Morgan fingerprint density at radius 2 is 1.64 bits per heavy atom. The maximum atomic E-state index is 5.66. The van der Waals surface area contributed by atoms with Crippen LogP contribution in [0.25, 0.3) is 0 Å². The Kier molecular flexibility index (Phi) is 10.9. The molecule has 0 amide bonds. The fourth-order valence-electron chi connectivity index (χ4n) is 2.38. The number of nitrogens with zero attached hydrogens (tertiary/aromatic N) is 1. The van der Waals surface area contributed by atoms with Crippen LogP contribution in [0.1, 0.15) is 24.0 Å². The van der Waals surface area contributed by atoms with E-state index in [0.717, 1.165) is 19.0 Å². The van der Waals surface area contributed by atoms with Crippen molar-refractivity contribution >= 4 is 29.9 Å². The van der Waals surface area contributed by atoms with Crippen molar-refractivity contribution in [1.29, 1.82) is 0 Å². The fraction of sp³-hybridized carbons (Fsp3) is 0.350. The molecule has 0 heterocycles. The topological polar surface area (TPSA) is 45.7 Å². The van der Waals surface area contributed by atoms with Gasteiger partial charge < -0.3 is 15.4 Å². The van der Waals surface area contributed by atoms with Crippen LogP contribution in [0.15, 0.2) is 65.7 Å². The number of nitrogens with one attached hydrogen (secondary N) is 2. The predicted octanol–water partition coefficient (Wildman–Crippen LogP) is 3.79. The minimum absolute atomic E-state index is 0. The minimum Gasteiger partial charge on any atom is -0.375 e. The van der Waals surface area contributed by atoms with Gasteiger partial charge in [-0.2, -0.15) is 0 Å². The zero-order valence-corrected chi connectivity index (χ0v) is 17.3. The lowest BCUT2D eigenvalue weighted by molar-refractivity contribution is 0.125. The number of benzene rings is 2. The van der Waals surface area contributed by atoms with E-state index in [-0.39, 0.29) is 24.0 Å². The molecular formula is C20H28IN3O. The Morgan fingerprint density at radius 1 is 1.00 bits per heavy atom. The van der Waals surface area contributed by atoms with Gasteiger partial charge in [-0.25, -0.2) is 0 Å². The molecule has 0 saturated carbocycles. The van der Waals surface area contributed by atoms with Gasteiger partial charge in [0, 0.05) is 20.1 Å². The molecule has 0 aliphatic carbocycles. The third-order valence-corrected chi connectivity index (χ3v) is 3.82. The molecule has 0 radical (unpaired) electrons. The van der Waals surface area contributed by atoms with E-state index in [9.17, 15) is 0 Å². The summed E-state index contributed by atoms with van der Waals surface area (Å²) in [7, 11) is 1.79. The van der Waals surface area contributed by atoms with Gasteiger partial charge in [-0.1, -0.05) is 67.6 Å². The number of hydrogen-bond donors (Lipinski definition) is 2. The van der Waals surface area contributed by atoms with E-state index in [1.807, 2.05) is 24.3 Å². The third kappa shape index (κ3) is 8.36. The molecular weight excluding hydrogens is 425 g/mol. The number of guanidine groups is 1. The van der Waals surface area contributed by atoms with Crippen molar-refractivity contribution in [3.05, 3.63) is 71.8 Å². The first-order valence-electron chi connectivity index (χ1n) is 8.40. The van der Waals surface area contributed by atoms with E-state index < -0.39 is 0 Å². The van der Waals surface area contributed by atoms with Crippen LogP contribution in [0.2, 0.25) is 0 Å². The van der Waals surface area contributed by atoms with E-state index in [1.54, 1.807) is 7.05 Å². The van der Waals surface area contributed by atoms with Crippen LogP contribution in [0.3, 0.4) is 0 Å². The van der Waals surface area contributed by atoms with Gasteiger partial charge in [-0.05, 0) is 17.0 Å². The van der Waals surface area contributed by atoms with Gasteiger partial charge in [-0.15, -0.1) is 24.0 Å². The van der Waals surface area contributed by atoms with E-state index in [0.29, 0.717) is 19.1 Å². The molecule has 0 aromatic heterocycles. The number of halogens is 1. The van der Waals surface area contributed by atoms with Crippen LogP contribution < -0.4 is 10.6 Å². The number of ether oxygens (including phenoxy) is 1. The summed E-state index contributed by atoms with van der Waals surface area (Å²) in [5.41, 5.74) is 2.52. The molecule has 1 atom stereocenters. The number of hydrogen-bond acceptors (Lipinski definition) is 2.